The first-order chi connectivity index (χ1) is 15.4. The van der Waals surface area contributed by atoms with E-state index in [0.717, 1.165) is 43.0 Å². The normalized spacial score (nSPS) is 17.7. The highest BCUT2D eigenvalue weighted by Gasteiger charge is 2.35. The van der Waals surface area contributed by atoms with Gasteiger partial charge in [0.25, 0.3) is 0 Å². The Kier molecular flexibility index (Phi) is 5.50. The highest BCUT2D eigenvalue weighted by molar-refractivity contribution is 6.30. The van der Waals surface area contributed by atoms with E-state index in [2.05, 4.69) is 25.1 Å². The molecule has 168 valence electrons. The van der Waals surface area contributed by atoms with Crippen molar-refractivity contribution in [1.82, 2.24) is 29.6 Å². The molecule has 0 bridgehead atoms. The van der Waals surface area contributed by atoms with Gasteiger partial charge < -0.3 is 4.90 Å². The Morgan fingerprint density at radius 1 is 1.03 bits per heavy atom. The molecule has 4 heterocycles. The fourth-order valence-electron chi connectivity index (χ4n) is 4.51. The minimum Gasteiger partial charge on any atom is -0.341 e. The predicted octanol–water partition coefficient (Wildman–Crippen LogP) is 3.97. The monoisotopic (exact) mass is 463 g/mol. The quantitative estimate of drug-likeness (QED) is 0.585. The van der Waals surface area contributed by atoms with E-state index in [1.807, 2.05) is 10.6 Å². The Bertz CT molecular complexity index is 1090. The second-order valence-corrected chi connectivity index (χ2v) is 8.59. The van der Waals surface area contributed by atoms with Crippen molar-refractivity contribution in [2.24, 2.45) is 0 Å². The molecule has 1 fully saturated rings. The average Bonchev–Trinajstić information content (AvgIpc) is 3.10. The van der Waals surface area contributed by atoms with E-state index in [-0.39, 0.29) is 19.0 Å². The zero-order chi connectivity index (χ0) is 22.3. The van der Waals surface area contributed by atoms with Crippen molar-refractivity contribution in [3.63, 3.8) is 0 Å². The summed E-state index contributed by atoms with van der Waals surface area (Å²) in [5, 5.41) is 9.23. The van der Waals surface area contributed by atoms with E-state index >= 15 is 0 Å². The Morgan fingerprint density at radius 2 is 1.78 bits per heavy atom. The lowest BCUT2D eigenvalue weighted by Crippen LogP contribution is -2.34. The van der Waals surface area contributed by atoms with Gasteiger partial charge in [-0.1, -0.05) is 11.6 Å². The van der Waals surface area contributed by atoms with Crippen LogP contribution < -0.4 is 4.90 Å². The van der Waals surface area contributed by atoms with Gasteiger partial charge in [-0.05, 0) is 42.7 Å². The first kappa shape index (κ1) is 21.1. The van der Waals surface area contributed by atoms with E-state index in [9.17, 15) is 13.2 Å². The Balaban J connectivity index is 1.45. The summed E-state index contributed by atoms with van der Waals surface area (Å²) in [7, 11) is 0. The van der Waals surface area contributed by atoms with E-state index in [1.54, 1.807) is 30.6 Å². The van der Waals surface area contributed by atoms with Crippen LogP contribution in [0, 0.1) is 0 Å². The third-order valence-electron chi connectivity index (χ3n) is 5.89. The van der Waals surface area contributed by atoms with Gasteiger partial charge in [0, 0.05) is 43.0 Å². The minimum absolute atomic E-state index is 0.0650. The molecule has 0 radical (unpaired) electrons. The highest BCUT2D eigenvalue weighted by Crippen LogP contribution is 2.34. The van der Waals surface area contributed by atoms with Crippen molar-refractivity contribution >= 4 is 17.5 Å². The summed E-state index contributed by atoms with van der Waals surface area (Å²) in [5.41, 5.74) is 1.53. The first-order valence-electron chi connectivity index (χ1n) is 10.4. The number of rotatable bonds is 3. The Morgan fingerprint density at radius 3 is 2.50 bits per heavy atom. The summed E-state index contributed by atoms with van der Waals surface area (Å²) in [6.45, 7) is 0.725. The van der Waals surface area contributed by atoms with Crippen LogP contribution >= 0.6 is 11.6 Å². The molecule has 0 aliphatic carbocycles. The van der Waals surface area contributed by atoms with Gasteiger partial charge in [-0.15, -0.1) is 10.2 Å². The summed E-state index contributed by atoms with van der Waals surface area (Å²) < 4.78 is 41.4. The number of anilines is 1. The Labute approximate surface area is 187 Å². The zero-order valence-corrected chi connectivity index (χ0v) is 17.9. The van der Waals surface area contributed by atoms with Gasteiger partial charge in [0.05, 0.1) is 18.8 Å². The lowest BCUT2D eigenvalue weighted by molar-refractivity contribution is -0.148. The molecule has 3 aromatic rings. The van der Waals surface area contributed by atoms with Gasteiger partial charge >= 0.3 is 6.18 Å². The summed E-state index contributed by atoms with van der Waals surface area (Å²) >= 11 is 6.18. The van der Waals surface area contributed by atoms with Crippen LogP contribution in [-0.4, -0.2) is 55.4 Å². The number of hydrogen-bond acceptors (Lipinski definition) is 6. The Hall–Kier alpha value is -2.72. The molecule has 1 saturated heterocycles. The summed E-state index contributed by atoms with van der Waals surface area (Å²) in [4.78, 5) is 12.1. The third kappa shape index (κ3) is 4.29. The average molecular weight is 464 g/mol. The largest absolute Gasteiger partial charge is 0.401 e. The molecule has 7 nitrogen and oxygen atoms in total. The molecule has 0 unspecified atom stereocenters. The van der Waals surface area contributed by atoms with E-state index < -0.39 is 12.7 Å². The maximum atomic E-state index is 13.2. The molecule has 1 aromatic carbocycles. The highest BCUT2D eigenvalue weighted by atomic mass is 35.5. The standard InChI is InChI=1S/C21H21ClF3N7/c22-16-2-3-17-15(10-16)11-30(13-21(23,24)25)12-18-28-29-19(32(17)18)14-4-8-31(9-5-14)20-26-6-1-7-27-20/h1-3,6-7,10,14H,4-5,8-9,11-13H2. The van der Waals surface area contributed by atoms with Crippen LogP contribution in [0.3, 0.4) is 0 Å². The van der Waals surface area contributed by atoms with E-state index in [0.29, 0.717) is 16.8 Å². The van der Waals surface area contributed by atoms with Crippen LogP contribution in [0.25, 0.3) is 5.69 Å². The number of piperidine rings is 1. The lowest BCUT2D eigenvalue weighted by atomic mass is 9.95. The van der Waals surface area contributed by atoms with Crippen LogP contribution in [0.5, 0.6) is 0 Å². The minimum atomic E-state index is -4.30. The lowest BCUT2D eigenvalue weighted by Gasteiger charge is -2.31. The summed E-state index contributed by atoms with van der Waals surface area (Å²) in [6, 6.07) is 7.11. The van der Waals surface area contributed by atoms with Gasteiger partial charge in [0.1, 0.15) is 5.82 Å². The fraction of sp³-hybridized carbons (Fsp3) is 0.429. The van der Waals surface area contributed by atoms with E-state index in [4.69, 9.17) is 11.6 Å². The van der Waals surface area contributed by atoms with Crippen LogP contribution in [-0.2, 0) is 13.1 Å². The van der Waals surface area contributed by atoms with Crippen molar-refractivity contribution in [2.45, 2.75) is 38.0 Å². The smallest absolute Gasteiger partial charge is 0.341 e. The molecule has 2 aliphatic heterocycles. The molecule has 32 heavy (non-hydrogen) atoms. The molecular formula is C21H21ClF3N7. The van der Waals surface area contributed by atoms with Crippen LogP contribution in [0.4, 0.5) is 19.1 Å². The van der Waals surface area contributed by atoms with Crippen molar-refractivity contribution in [2.75, 3.05) is 24.5 Å². The molecular weight excluding hydrogens is 443 g/mol. The van der Waals surface area contributed by atoms with Crippen molar-refractivity contribution < 1.29 is 13.2 Å². The maximum Gasteiger partial charge on any atom is 0.401 e. The number of alkyl halides is 3. The molecule has 5 rings (SSSR count). The summed E-state index contributed by atoms with van der Waals surface area (Å²) in [5.74, 6) is 2.13. The SMILES string of the molecule is FC(F)(F)CN1Cc2cc(Cl)ccc2-n2c(nnc2C2CCN(c3ncccn3)CC2)C1. The van der Waals surface area contributed by atoms with Crippen molar-refractivity contribution in [1.29, 1.82) is 0 Å². The van der Waals surface area contributed by atoms with Gasteiger partial charge in [-0.25, -0.2) is 9.97 Å². The number of halogens is 4. The number of nitrogens with zero attached hydrogens (tertiary/aromatic N) is 7. The molecule has 11 heteroatoms. The van der Waals surface area contributed by atoms with Crippen LogP contribution in [0.15, 0.2) is 36.7 Å². The zero-order valence-electron chi connectivity index (χ0n) is 17.1. The summed E-state index contributed by atoms with van der Waals surface area (Å²) in [6.07, 6.45) is 0.795. The number of hydrogen-bond donors (Lipinski definition) is 0. The van der Waals surface area contributed by atoms with Crippen molar-refractivity contribution in [3.8, 4) is 5.69 Å². The first-order valence-corrected chi connectivity index (χ1v) is 10.8. The predicted molar refractivity (Wildman–Crippen MR) is 113 cm³/mol. The second kappa shape index (κ2) is 8.32. The molecule has 2 aliphatic rings. The third-order valence-corrected chi connectivity index (χ3v) is 6.13. The topological polar surface area (TPSA) is 63.0 Å². The fourth-order valence-corrected chi connectivity index (χ4v) is 4.71. The maximum absolute atomic E-state index is 13.2. The second-order valence-electron chi connectivity index (χ2n) is 8.15. The molecule has 0 spiro atoms. The van der Waals surface area contributed by atoms with E-state index in [1.165, 1.54) is 4.90 Å². The number of fused-ring (bicyclic) bond motifs is 3. The molecule has 0 amide bonds. The van der Waals surface area contributed by atoms with Gasteiger partial charge in [0.2, 0.25) is 5.95 Å². The van der Waals surface area contributed by atoms with Gasteiger partial charge in [-0.3, -0.25) is 9.47 Å². The molecule has 0 N–H and O–H groups in total. The molecule has 0 saturated carbocycles. The van der Waals surface area contributed by atoms with Gasteiger partial charge in [-0.2, -0.15) is 13.2 Å². The molecule has 0 atom stereocenters. The van der Waals surface area contributed by atoms with Gasteiger partial charge in [0.15, 0.2) is 5.82 Å². The van der Waals surface area contributed by atoms with Crippen LogP contribution in [0.1, 0.15) is 36.0 Å². The van der Waals surface area contributed by atoms with Crippen LogP contribution in [0.2, 0.25) is 5.02 Å². The van der Waals surface area contributed by atoms with Crippen molar-refractivity contribution in [3.05, 3.63) is 58.9 Å². The number of aromatic nitrogens is 5. The number of benzene rings is 1. The molecule has 2 aromatic heterocycles.